The van der Waals surface area contributed by atoms with Crippen LogP contribution in [0.25, 0.3) is 0 Å². The van der Waals surface area contributed by atoms with Gasteiger partial charge in [0.2, 0.25) is 0 Å². The summed E-state index contributed by atoms with van der Waals surface area (Å²) < 4.78 is 8.26. The van der Waals surface area contributed by atoms with Crippen LogP contribution in [0.15, 0.2) is 0 Å². The largest absolute Gasteiger partial charge is 0 e. The molecule has 1 nitrogen and oxygen atoms in total. The first kappa shape index (κ1) is 24.5. The van der Waals surface area contributed by atoms with Crippen LogP contribution < -0.4 is 0 Å². The van der Waals surface area contributed by atoms with Crippen molar-refractivity contribution in [2.24, 2.45) is 0 Å². The molecular weight excluding hydrogens is 314 g/mol. The van der Waals surface area contributed by atoms with Gasteiger partial charge >= 0.3 is 23.2 Å². The van der Waals surface area contributed by atoms with Gasteiger partial charge < -0.3 is 0 Å². The van der Waals surface area contributed by atoms with E-state index in [1.807, 2.05) is 0 Å². The van der Waals surface area contributed by atoms with E-state index < -0.39 is 0 Å². The van der Waals surface area contributed by atoms with E-state index in [-0.39, 0.29) is 79.3 Å². The van der Waals surface area contributed by atoms with Crippen LogP contribution in [-0.2, 0) is 57.0 Å². The van der Waals surface area contributed by atoms with E-state index in [1.165, 1.54) is 0 Å². The van der Waals surface area contributed by atoms with E-state index >= 15 is 0 Å². The van der Waals surface area contributed by atoms with Gasteiger partial charge in [0, 0.05) is 79.3 Å². The molecule has 0 heterocycles. The van der Waals surface area contributed by atoms with Crippen molar-refractivity contribution in [3.8, 4) is 0 Å². The molecule has 0 fully saturated rings. The molecule has 0 saturated heterocycles. The summed E-state index contributed by atoms with van der Waals surface area (Å²) in [6, 6.07) is 0. The summed E-state index contributed by atoms with van der Waals surface area (Å²) in [5.41, 5.74) is 0. The van der Waals surface area contributed by atoms with Crippen molar-refractivity contribution >= 4 is 45.5 Å². The fraction of sp³-hybridized carbons (Fsp3) is 0. The van der Waals surface area contributed by atoms with Crippen LogP contribution in [-0.4, -0.2) is 45.5 Å². The van der Waals surface area contributed by atoms with Crippen LogP contribution in [0.2, 0.25) is 0 Å². The maximum atomic E-state index is 8.26. The molecule has 0 atom stereocenters. The molecule has 0 aliphatic carbocycles. The van der Waals surface area contributed by atoms with Gasteiger partial charge in [0.15, 0.2) is 0 Å². The van der Waals surface area contributed by atoms with E-state index in [2.05, 4.69) is 0 Å². The fourth-order valence-corrected chi connectivity index (χ4v) is 0. The third-order valence-electron chi connectivity index (χ3n) is 0. The van der Waals surface area contributed by atoms with E-state index in [0.29, 0.717) is 19.8 Å². The summed E-state index contributed by atoms with van der Waals surface area (Å²) in [6.45, 7) is 0. The Morgan fingerprint density at radius 2 is 1.20 bits per heavy atom. The molecular formula is CoFeMoOSr. The average molecular weight is 314 g/mol. The Hall–Kier alpha value is 2.99. The Bertz CT molecular complexity index is 11.6. The van der Waals surface area contributed by atoms with Gasteiger partial charge in [0.05, 0.1) is 0 Å². The van der Waals surface area contributed by atoms with Crippen LogP contribution >= 0.6 is 0 Å². The molecule has 0 aromatic rings. The Morgan fingerprint density at radius 3 is 1.20 bits per heavy atom. The van der Waals surface area contributed by atoms with Crippen LogP contribution in [0.3, 0.4) is 0 Å². The Balaban J connectivity index is -0.00000000167. The first-order valence-electron chi connectivity index (χ1n) is 0.167. The van der Waals surface area contributed by atoms with Gasteiger partial charge in [-0.2, -0.15) is 0 Å². The van der Waals surface area contributed by atoms with Gasteiger partial charge in [-0.25, -0.2) is 0 Å². The quantitative estimate of drug-likeness (QED) is 0.551. The van der Waals surface area contributed by atoms with Crippen LogP contribution in [0.1, 0.15) is 0 Å². The maximum absolute atomic E-state index is 8.26. The monoisotopic (exact) mass is 317 g/mol. The Morgan fingerprint density at radius 1 is 1.20 bits per heavy atom. The molecule has 0 saturated carbocycles. The standard InChI is InChI=1S/Co.Fe.Mo.O.Sr. The summed E-state index contributed by atoms with van der Waals surface area (Å²) in [5.74, 6) is 0. The van der Waals surface area contributed by atoms with Gasteiger partial charge in [0.25, 0.3) is 0 Å². The molecule has 0 spiro atoms. The summed E-state index contributed by atoms with van der Waals surface area (Å²) in [7, 11) is 0. The van der Waals surface area contributed by atoms with Gasteiger partial charge in [0.1, 0.15) is 0 Å². The topological polar surface area (TPSA) is 17.1 Å². The summed E-state index contributed by atoms with van der Waals surface area (Å²) >= 11 is 0.700. The van der Waals surface area contributed by atoms with Crippen molar-refractivity contribution in [1.29, 1.82) is 0 Å². The SMILES string of the molecule is [Co].[Fe].[O]=[Mo].[Sr]. The molecule has 3 radical (unpaired) electrons. The molecule has 0 aromatic heterocycles. The molecule has 0 unspecified atom stereocenters. The van der Waals surface area contributed by atoms with Crippen molar-refractivity contribution in [2.45, 2.75) is 0 Å². The average Bonchev–Trinajstić information content (AvgIpc) is 1.00. The molecule has 0 N–H and O–H groups in total. The molecule has 31 valence electrons. The van der Waals surface area contributed by atoms with Gasteiger partial charge in [-0.3, -0.25) is 0 Å². The Kier molecular flexibility index (Phi) is 137. The third kappa shape index (κ3) is 19.5. The minimum Gasteiger partial charge on any atom is 0 e. The Labute approximate surface area is 100 Å². The van der Waals surface area contributed by atoms with Crippen LogP contribution in [0, 0.1) is 0 Å². The van der Waals surface area contributed by atoms with Crippen molar-refractivity contribution in [3.05, 3.63) is 0 Å². The molecule has 5 heavy (non-hydrogen) atoms. The smallest absolute Gasteiger partial charge is 0 e. The van der Waals surface area contributed by atoms with Crippen molar-refractivity contribution in [1.82, 2.24) is 0 Å². The second-order valence-corrected chi connectivity index (χ2v) is 0. The minimum absolute atomic E-state index is 0. The zero-order valence-corrected chi connectivity index (χ0v) is 9.84. The molecule has 0 aliphatic rings. The first-order chi connectivity index (χ1) is 1.00. The summed E-state index contributed by atoms with van der Waals surface area (Å²) in [4.78, 5) is 0. The molecule has 0 aliphatic heterocycles. The molecule has 5 heteroatoms. The zero-order chi connectivity index (χ0) is 2.00. The van der Waals surface area contributed by atoms with Gasteiger partial charge in [-0.05, 0) is 0 Å². The van der Waals surface area contributed by atoms with Crippen molar-refractivity contribution < 1.29 is 57.0 Å². The van der Waals surface area contributed by atoms with Gasteiger partial charge in [-0.15, -0.1) is 0 Å². The van der Waals surface area contributed by atoms with Crippen LogP contribution in [0.5, 0.6) is 0 Å². The third-order valence-corrected chi connectivity index (χ3v) is 0. The number of hydrogen-bond acceptors (Lipinski definition) is 1. The molecule has 0 bridgehead atoms. The van der Waals surface area contributed by atoms with E-state index in [4.69, 9.17) is 3.40 Å². The number of rotatable bonds is 0. The predicted octanol–water partition coefficient (Wildman–Crippen LogP) is -0.507. The fourth-order valence-electron chi connectivity index (χ4n) is 0. The second-order valence-electron chi connectivity index (χ2n) is 0. The van der Waals surface area contributed by atoms with Crippen molar-refractivity contribution in [2.75, 3.05) is 0 Å². The van der Waals surface area contributed by atoms with E-state index in [0.717, 1.165) is 0 Å². The van der Waals surface area contributed by atoms with Gasteiger partial charge in [-0.1, -0.05) is 0 Å². The van der Waals surface area contributed by atoms with Crippen molar-refractivity contribution in [3.63, 3.8) is 0 Å². The molecule has 0 amide bonds. The molecule has 0 aromatic carbocycles. The second kappa shape index (κ2) is 28.0. The summed E-state index contributed by atoms with van der Waals surface area (Å²) in [6.07, 6.45) is 0. The predicted molar refractivity (Wildman–Crippen MR) is 6.44 cm³/mol. The first-order valence-corrected chi connectivity index (χ1v) is 0.986. The molecule has 0 rings (SSSR count). The van der Waals surface area contributed by atoms with E-state index in [9.17, 15) is 0 Å². The van der Waals surface area contributed by atoms with E-state index in [1.54, 1.807) is 0 Å². The normalized spacial score (nSPS) is 0.800. The number of hydrogen-bond donors (Lipinski definition) is 0. The summed E-state index contributed by atoms with van der Waals surface area (Å²) in [5, 5.41) is 0. The van der Waals surface area contributed by atoms with Crippen LogP contribution in [0.4, 0.5) is 0 Å². The zero-order valence-electron chi connectivity index (χ0n) is 2.21. The maximum Gasteiger partial charge on any atom is 0 e. The minimum atomic E-state index is 0.